The molecule has 1 aromatic rings. The van der Waals surface area contributed by atoms with Crippen molar-refractivity contribution in [2.75, 3.05) is 7.11 Å². The molecule has 0 bridgehead atoms. The lowest BCUT2D eigenvalue weighted by Crippen LogP contribution is -2.25. The molecule has 0 saturated heterocycles. The summed E-state index contributed by atoms with van der Waals surface area (Å²) in [6.07, 6.45) is -0.737. The van der Waals surface area contributed by atoms with Gasteiger partial charge in [0.25, 0.3) is 0 Å². The van der Waals surface area contributed by atoms with Gasteiger partial charge in [0.05, 0.1) is 18.7 Å². The highest BCUT2D eigenvalue weighted by atomic mass is 16.6. The van der Waals surface area contributed by atoms with Crippen LogP contribution in [0.15, 0.2) is 29.3 Å². The second-order valence-electron chi connectivity index (χ2n) is 5.52. The number of hydrogen-bond acceptors (Lipinski definition) is 5. The second-order valence-corrected chi connectivity index (χ2v) is 5.52. The smallest absolute Gasteiger partial charge is 0.434 e. The van der Waals surface area contributed by atoms with Crippen molar-refractivity contribution in [2.24, 2.45) is 4.99 Å². The first-order valence-electron chi connectivity index (χ1n) is 6.63. The quantitative estimate of drug-likeness (QED) is 0.632. The predicted molar refractivity (Wildman–Crippen MR) is 80.5 cm³/mol. The lowest BCUT2D eigenvalue weighted by molar-refractivity contribution is -0.132. The molecule has 116 valence electrons. The Morgan fingerprint density at radius 2 is 1.82 bits per heavy atom. The molecule has 1 amide bonds. The number of carbonyl (C=O) groups is 2. The molecule has 6 heteroatoms. The van der Waals surface area contributed by atoms with E-state index in [1.54, 1.807) is 45.0 Å². The summed E-state index contributed by atoms with van der Waals surface area (Å²) < 4.78 is 9.69. The molecule has 6 nitrogen and oxygen atoms in total. The van der Waals surface area contributed by atoms with E-state index >= 15 is 0 Å². The third-order valence-corrected chi connectivity index (χ3v) is 2.50. The molecule has 0 saturated carbocycles. The minimum absolute atomic E-state index is 0.0542. The lowest BCUT2D eigenvalue weighted by Gasteiger charge is -2.17. The van der Waals surface area contributed by atoms with E-state index in [-0.39, 0.29) is 12.1 Å². The van der Waals surface area contributed by atoms with Crippen molar-refractivity contribution >= 4 is 17.8 Å². The maximum absolute atomic E-state index is 11.7. The average Bonchev–Trinajstić information content (AvgIpc) is 2.44. The van der Waals surface area contributed by atoms with Crippen LogP contribution in [0, 0.1) is 11.3 Å². The first-order chi connectivity index (χ1) is 10.2. The van der Waals surface area contributed by atoms with Gasteiger partial charge in [-0.05, 0) is 38.5 Å². The van der Waals surface area contributed by atoms with Gasteiger partial charge in [-0.3, -0.25) is 0 Å². The third-order valence-electron chi connectivity index (χ3n) is 2.50. The number of rotatable bonds is 3. The van der Waals surface area contributed by atoms with Crippen LogP contribution in [0.1, 0.15) is 31.9 Å². The monoisotopic (exact) mass is 302 g/mol. The molecule has 0 heterocycles. The van der Waals surface area contributed by atoms with E-state index in [1.807, 2.05) is 6.07 Å². The van der Waals surface area contributed by atoms with E-state index in [1.165, 1.54) is 7.11 Å². The fraction of sp³-hybridized carbons (Fsp3) is 0.375. The van der Waals surface area contributed by atoms with Crippen molar-refractivity contribution in [3.05, 3.63) is 35.4 Å². The number of hydrogen-bond donors (Lipinski definition) is 0. The zero-order chi connectivity index (χ0) is 16.8. The highest BCUT2D eigenvalue weighted by Crippen LogP contribution is 2.10. The third kappa shape index (κ3) is 5.75. The molecule has 0 aliphatic rings. The predicted octanol–water partition coefficient (Wildman–Crippen LogP) is 2.65. The van der Waals surface area contributed by atoms with Crippen molar-refractivity contribution in [3.8, 4) is 6.07 Å². The maximum Gasteiger partial charge on any atom is 0.434 e. The van der Waals surface area contributed by atoms with E-state index in [0.717, 1.165) is 5.56 Å². The van der Waals surface area contributed by atoms with Gasteiger partial charge >= 0.3 is 12.1 Å². The lowest BCUT2D eigenvalue weighted by atomic mass is 10.1. The zero-order valence-corrected chi connectivity index (χ0v) is 13.0. The van der Waals surface area contributed by atoms with Gasteiger partial charge in [0, 0.05) is 6.42 Å². The Labute approximate surface area is 129 Å². The molecule has 0 unspecified atom stereocenters. The molecule has 0 aliphatic heterocycles. The van der Waals surface area contributed by atoms with Crippen LogP contribution in [0.4, 0.5) is 4.79 Å². The summed E-state index contributed by atoms with van der Waals surface area (Å²) in [7, 11) is 1.21. The van der Waals surface area contributed by atoms with Crippen LogP contribution in [-0.4, -0.2) is 30.5 Å². The van der Waals surface area contributed by atoms with E-state index in [2.05, 4.69) is 9.73 Å². The number of nitriles is 1. The molecule has 0 spiro atoms. The molecular weight excluding hydrogens is 284 g/mol. The van der Waals surface area contributed by atoms with E-state index in [4.69, 9.17) is 10.00 Å². The molecule has 0 aromatic heterocycles. The van der Waals surface area contributed by atoms with Crippen LogP contribution in [0.5, 0.6) is 0 Å². The van der Waals surface area contributed by atoms with Gasteiger partial charge in [-0.25, -0.2) is 9.59 Å². The van der Waals surface area contributed by atoms with Crippen molar-refractivity contribution in [1.82, 2.24) is 0 Å². The fourth-order valence-corrected chi connectivity index (χ4v) is 1.56. The number of benzene rings is 1. The largest absolute Gasteiger partial charge is 0.465 e. The summed E-state index contributed by atoms with van der Waals surface area (Å²) in [4.78, 5) is 27.1. The molecule has 0 atom stereocenters. The van der Waals surface area contributed by atoms with Gasteiger partial charge in [0.15, 0.2) is 0 Å². The van der Waals surface area contributed by atoms with Crippen LogP contribution in [-0.2, 0) is 20.7 Å². The summed E-state index contributed by atoms with van der Waals surface area (Å²) >= 11 is 0. The Balaban J connectivity index is 2.95. The van der Waals surface area contributed by atoms with Crippen molar-refractivity contribution in [1.29, 1.82) is 5.26 Å². The highest BCUT2D eigenvalue weighted by Gasteiger charge is 2.19. The number of ether oxygens (including phenoxy) is 2. The molecule has 1 aromatic carbocycles. The number of carbonyl (C=O) groups excluding carboxylic acids is 2. The van der Waals surface area contributed by atoms with Crippen molar-refractivity contribution < 1.29 is 19.1 Å². The van der Waals surface area contributed by atoms with Crippen LogP contribution >= 0.6 is 0 Å². The summed E-state index contributed by atoms with van der Waals surface area (Å²) in [5.74, 6) is -0.699. The molecule has 22 heavy (non-hydrogen) atoms. The molecule has 0 aliphatic carbocycles. The fourth-order valence-electron chi connectivity index (χ4n) is 1.56. The van der Waals surface area contributed by atoms with Crippen molar-refractivity contribution in [3.63, 3.8) is 0 Å². The molecule has 0 N–H and O–H groups in total. The summed E-state index contributed by atoms with van der Waals surface area (Å²) in [6, 6.07) is 8.62. The van der Waals surface area contributed by atoms with E-state index in [0.29, 0.717) is 5.56 Å². The van der Waals surface area contributed by atoms with Crippen LogP contribution < -0.4 is 0 Å². The number of amides is 1. The molecule has 0 radical (unpaired) electrons. The number of nitrogens with zero attached hydrogens (tertiary/aromatic N) is 2. The summed E-state index contributed by atoms with van der Waals surface area (Å²) in [5.41, 5.74) is 0.483. The maximum atomic E-state index is 11.7. The van der Waals surface area contributed by atoms with Crippen LogP contribution in [0.2, 0.25) is 0 Å². The normalized spacial score (nSPS) is 11.5. The van der Waals surface area contributed by atoms with E-state index < -0.39 is 17.7 Å². The van der Waals surface area contributed by atoms with Crippen LogP contribution in [0.3, 0.4) is 0 Å². The molecular formula is C16H18N2O4. The number of esters is 1. The van der Waals surface area contributed by atoms with Gasteiger partial charge in [-0.2, -0.15) is 10.3 Å². The topological polar surface area (TPSA) is 88.8 Å². The van der Waals surface area contributed by atoms with Gasteiger partial charge < -0.3 is 9.47 Å². The van der Waals surface area contributed by atoms with Crippen LogP contribution in [0.25, 0.3) is 0 Å². The summed E-state index contributed by atoms with van der Waals surface area (Å²) in [6.45, 7) is 5.12. The first-order valence-corrected chi connectivity index (χ1v) is 6.63. The number of aliphatic imine (C=N–C) groups is 1. The SMILES string of the molecule is COC(=O)/C(Cc1ccc(C#N)cc1)=N\C(=O)OC(C)(C)C. The average molecular weight is 302 g/mol. The highest BCUT2D eigenvalue weighted by molar-refractivity contribution is 6.38. The zero-order valence-electron chi connectivity index (χ0n) is 13.0. The Bertz CT molecular complexity index is 619. The Morgan fingerprint density at radius 1 is 1.23 bits per heavy atom. The van der Waals surface area contributed by atoms with Gasteiger partial charge in [-0.1, -0.05) is 12.1 Å². The minimum atomic E-state index is -0.846. The minimum Gasteiger partial charge on any atom is -0.465 e. The first kappa shape index (κ1) is 17.4. The molecule has 1 rings (SSSR count). The Hall–Kier alpha value is -2.68. The van der Waals surface area contributed by atoms with Gasteiger partial charge in [-0.15, -0.1) is 0 Å². The van der Waals surface area contributed by atoms with Gasteiger partial charge in [0.1, 0.15) is 11.3 Å². The van der Waals surface area contributed by atoms with Gasteiger partial charge in [0.2, 0.25) is 0 Å². The van der Waals surface area contributed by atoms with E-state index in [9.17, 15) is 9.59 Å². The standard InChI is InChI=1S/C16H18N2O4/c1-16(2,3)22-15(20)18-13(14(19)21-4)9-11-5-7-12(10-17)8-6-11/h5-8H,9H2,1-4H3/b18-13-. The van der Waals surface area contributed by atoms with Crippen molar-refractivity contribution in [2.45, 2.75) is 32.8 Å². The Kier molecular flexibility index (Phi) is 5.81. The summed E-state index contributed by atoms with van der Waals surface area (Å²) in [5, 5.41) is 8.75. The number of methoxy groups -OCH3 is 1. The Morgan fingerprint density at radius 3 is 2.27 bits per heavy atom. The molecule has 0 fully saturated rings. The second kappa shape index (κ2) is 7.36.